The Hall–Kier alpha value is -3.76. The second kappa shape index (κ2) is 9.24. The van der Waals surface area contributed by atoms with Crippen molar-refractivity contribution in [2.24, 2.45) is 4.99 Å². The lowest BCUT2D eigenvalue weighted by molar-refractivity contribution is 0.435. The molecule has 9 nitrogen and oxygen atoms in total. The molecule has 176 valence electrons. The Balaban J connectivity index is 1.94. The van der Waals surface area contributed by atoms with Gasteiger partial charge in [0.15, 0.2) is 5.82 Å². The van der Waals surface area contributed by atoms with Crippen molar-refractivity contribution in [1.82, 2.24) is 19.1 Å². The number of nitrogens with zero attached hydrogens (tertiary/aromatic N) is 4. The zero-order chi connectivity index (χ0) is 24.5. The van der Waals surface area contributed by atoms with Crippen molar-refractivity contribution in [2.75, 3.05) is 13.1 Å². The van der Waals surface area contributed by atoms with Crippen molar-refractivity contribution in [3.05, 3.63) is 76.2 Å². The van der Waals surface area contributed by atoms with Gasteiger partial charge in [-0.25, -0.2) is 18.0 Å². The predicted octanol–water partition coefficient (Wildman–Crippen LogP) is 3.51. The highest BCUT2D eigenvalue weighted by molar-refractivity contribution is 7.89. The number of hydrogen-bond donors (Lipinski definition) is 2. The highest BCUT2D eigenvalue weighted by atomic mass is 32.2. The number of H-pyrrole nitrogens is 1. The topological polar surface area (TPSA) is 121 Å². The number of nitrogens with one attached hydrogen (secondary N) is 1. The number of aromatic amines is 1. The normalized spacial score (nSPS) is 12.2. The number of pyridine rings is 1. The molecule has 2 aromatic carbocycles. The molecule has 0 amide bonds. The molecular weight excluding hydrogens is 454 g/mol. The van der Waals surface area contributed by atoms with E-state index in [-0.39, 0.29) is 16.5 Å². The number of hydrogen-bond acceptors (Lipinski definition) is 6. The quantitative estimate of drug-likeness (QED) is 0.393. The zero-order valence-electron chi connectivity index (χ0n) is 19.1. The van der Waals surface area contributed by atoms with Crippen LogP contribution in [0.5, 0.6) is 5.88 Å². The minimum atomic E-state index is -3.76. The SMILES string of the molecule is CCN(CC)S(=O)(=O)c1cccc(-n2c(O)c(C=Nc3cc(C)[nH]n3)c3ccccc3c2=O)c1. The van der Waals surface area contributed by atoms with E-state index >= 15 is 0 Å². The van der Waals surface area contributed by atoms with Gasteiger partial charge in [-0.3, -0.25) is 9.89 Å². The number of sulfonamides is 1. The maximum atomic E-state index is 13.4. The van der Waals surface area contributed by atoms with Crippen LogP contribution in [0.3, 0.4) is 0 Å². The lowest BCUT2D eigenvalue weighted by Crippen LogP contribution is -2.30. The third-order valence-corrected chi connectivity index (χ3v) is 7.59. The van der Waals surface area contributed by atoms with E-state index in [0.29, 0.717) is 35.2 Å². The summed E-state index contributed by atoms with van der Waals surface area (Å²) in [4.78, 5) is 17.7. The molecule has 0 aliphatic rings. The Bertz CT molecular complexity index is 1550. The fraction of sp³-hybridized carbons (Fsp3) is 0.208. The van der Waals surface area contributed by atoms with Crippen LogP contribution in [0.25, 0.3) is 16.5 Å². The van der Waals surface area contributed by atoms with Gasteiger partial charge in [-0.1, -0.05) is 38.1 Å². The largest absolute Gasteiger partial charge is 0.494 e. The smallest absolute Gasteiger partial charge is 0.265 e. The molecule has 0 aliphatic carbocycles. The summed E-state index contributed by atoms with van der Waals surface area (Å²) >= 11 is 0. The minimum absolute atomic E-state index is 0.0374. The Morgan fingerprint density at radius 2 is 1.79 bits per heavy atom. The van der Waals surface area contributed by atoms with Crippen molar-refractivity contribution in [2.45, 2.75) is 25.7 Å². The van der Waals surface area contributed by atoms with E-state index in [1.807, 2.05) is 6.92 Å². The highest BCUT2D eigenvalue weighted by Crippen LogP contribution is 2.28. The number of aromatic hydroxyl groups is 1. The molecule has 4 rings (SSSR count). The van der Waals surface area contributed by atoms with Crippen LogP contribution >= 0.6 is 0 Å². The lowest BCUT2D eigenvalue weighted by Gasteiger charge is -2.19. The summed E-state index contributed by atoms with van der Waals surface area (Å²) in [7, 11) is -3.76. The van der Waals surface area contributed by atoms with Crippen LogP contribution in [-0.4, -0.2) is 51.9 Å². The van der Waals surface area contributed by atoms with Crippen LogP contribution in [0, 0.1) is 6.92 Å². The number of aliphatic imine (C=N–C) groups is 1. The summed E-state index contributed by atoms with van der Waals surface area (Å²) in [5.74, 6) is 0.0724. The van der Waals surface area contributed by atoms with Gasteiger partial charge in [0, 0.05) is 41.8 Å². The standard InChI is InChI=1S/C24H25N5O4S/c1-4-28(5-2)34(32,33)18-10-8-9-17(14-18)29-23(30)20-12-7-6-11-19(20)21(24(29)31)15-25-22-13-16(3)26-27-22/h6-15,31H,4-5H2,1-3H3,(H,26,27). The first-order valence-electron chi connectivity index (χ1n) is 10.8. The second-order valence-electron chi connectivity index (χ2n) is 7.68. The Kier molecular flexibility index (Phi) is 6.36. The minimum Gasteiger partial charge on any atom is -0.494 e. The molecule has 0 aliphatic heterocycles. The summed E-state index contributed by atoms with van der Waals surface area (Å²) in [6.45, 7) is 6.00. The number of rotatable bonds is 7. The van der Waals surface area contributed by atoms with Gasteiger partial charge in [0.05, 0.1) is 16.1 Å². The molecule has 2 heterocycles. The van der Waals surface area contributed by atoms with Crippen LogP contribution < -0.4 is 5.56 Å². The molecule has 0 saturated carbocycles. The number of aromatic nitrogens is 3. The van der Waals surface area contributed by atoms with E-state index < -0.39 is 15.6 Å². The summed E-state index contributed by atoms with van der Waals surface area (Å²) in [5, 5.41) is 18.9. The molecule has 0 saturated heterocycles. The van der Waals surface area contributed by atoms with Crippen LogP contribution in [0.2, 0.25) is 0 Å². The molecular formula is C24H25N5O4S. The molecule has 34 heavy (non-hydrogen) atoms. The summed E-state index contributed by atoms with van der Waals surface area (Å²) in [6, 6.07) is 14.6. The average Bonchev–Trinajstić information content (AvgIpc) is 3.25. The van der Waals surface area contributed by atoms with E-state index in [2.05, 4.69) is 15.2 Å². The molecule has 0 spiro atoms. The van der Waals surface area contributed by atoms with Crippen LogP contribution in [0.15, 0.2) is 69.3 Å². The fourth-order valence-corrected chi connectivity index (χ4v) is 5.32. The van der Waals surface area contributed by atoms with E-state index in [4.69, 9.17) is 0 Å². The maximum absolute atomic E-state index is 13.4. The molecule has 2 aromatic heterocycles. The lowest BCUT2D eigenvalue weighted by atomic mass is 10.1. The summed E-state index contributed by atoms with van der Waals surface area (Å²) < 4.78 is 28.5. The Labute approximate surface area is 197 Å². The summed E-state index contributed by atoms with van der Waals surface area (Å²) in [6.07, 6.45) is 1.44. The molecule has 0 bridgehead atoms. The van der Waals surface area contributed by atoms with Gasteiger partial charge in [0.1, 0.15) is 0 Å². The fourth-order valence-electron chi connectivity index (χ4n) is 3.82. The molecule has 0 radical (unpaired) electrons. The van der Waals surface area contributed by atoms with E-state index in [1.54, 1.807) is 56.3 Å². The molecule has 0 fully saturated rings. The van der Waals surface area contributed by atoms with Gasteiger partial charge in [-0.15, -0.1) is 0 Å². The first kappa shape index (κ1) is 23.4. The number of fused-ring (bicyclic) bond motifs is 1. The van der Waals surface area contributed by atoms with E-state index in [9.17, 15) is 18.3 Å². The third-order valence-electron chi connectivity index (χ3n) is 5.54. The van der Waals surface area contributed by atoms with Gasteiger partial charge in [0.25, 0.3) is 5.56 Å². The van der Waals surface area contributed by atoms with E-state index in [1.165, 1.54) is 22.7 Å². The van der Waals surface area contributed by atoms with Crippen LogP contribution in [0.4, 0.5) is 5.82 Å². The van der Waals surface area contributed by atoms with Gasteiger partial charge >= 0.3 is 0 Å². The average molecular weight is 480 g/mol. The predicted molar refractivity (Wildman–Crippen MR) is 132 cm³/mol. The zero-order valence-corrected chi connectivity index (χ0v) is 19.9. The van der Waals surface area contributed by atoms with Gasteiger partial charge in [-0.05, 0) is 31.2 Å². The number of benzene rings is 2. The highest BCUT2D eigenvalue weighted by Gasteiger charge is 2.23. The van der Waals surface area contributed by atoms with Gasteiger partial charge in [-0.2, -0.15) is 9.40 Å². The molecule has 10 heteroatoms. The second-order valence-corrected chi connectivity index (χ2v) is 9.62. The van der Waals surface area contributed by atoms with Crippen LogP contribution in [0.1, 0.15) is 25.1 Å². The van der Waals surface area contributed by atoms with Crippen molar-refractivity contribution in [3.63, 3.8) is 0 Å². The van der Waals surface area contributed by atoms with E-state index in [0.717, 1.165) is 10.3 Å². The first-order valence-corrected chi connectivity index (χ1v) is 12.2. The molecule has 4 aromatic rings. The monoisotopic (exact) mass is 479 g/mol. The third kappa shape index (κ3) is 4.13. The van der Waals surface area contributed by atoms with Gasteiger partial charge in [0.2, 0.25) is 15.9 Å². The van der Waals surface area contributed by atoms with Crippen molar-refractivity contribution in [3.8, 4) is 11.6 Å². The van der Waals surface area contributed by atoms with Crippen molar-refractivity contribution in [1.29, 1.82) is 0 Å². The van der Waals surface area contributed by atoms with Gasteiger partial charge < -0.3 is 5.11 Å². The maximum Gasteiger partial charge on any atom is 0.265 e. The summed E-state index contributed by atoms with van der Waals surface area (Å²) in [5.41, 5.74) is 0.898. The molecule has 0 unspecified atom stereocenters. The molecule has 0 atom stereocenters. The first-order chi connectivity index (χ1) is 16.3. The molecule has 2 N–H and O–H groups in total. The Morgan fingerprint density at radius 3 is 2.44 bits per heavy atom. The number of aryl methyl sites for hydroxylation is 1. The van der Waals surface area contributed by atoms with Crippen LogP contribution in [-0.2, 0) is 10.0 Å². The Morgan fingerprint density at radius 1 is 1.09 bits per heavy atom. The van der Waals surface area contributed by atoms with Crippen molar-refractivity contribution >= 4 is 32.8 Å². The van der Waals surface area contributed by atoms with Crippen molar-refractivity contribution < 1.29 is 13.5 Å².